The Labute approximate surface area is 195 Å². The Morgan fingerprint density at radius 1 is 1.06 bits per heavy atom. The number of nitrogens with zero attached hydrogens (tertiary/aromatic N) is 7. The first kappa shape index (κ1) is 23.2. The largest absolute Gasteiger partial charge is 0.573 e. The van der Waals surface area contributed by atoms with Crippen LogP contribution in [0.3, 0.4) is 0 Å². The van der Waals surface area contributed by atoms with Crippen molar-refractivity contribution in [3.05, 3.63) is 60.4 Å². The molecule has 0 aliphatic heterocycles. The summed E-state index contributed by atoms with van der Waals surface area (Å²) in [5.41, 5.74) is 1.18. The number of aromatic nitrogens is 7. The Hall–Kier alpha value is -3.94. The molecule has 4 aromatic rings. The average molecular weight is 490 g/mol. The summed E-state index contributed by atoms with van der Waals surface area (Å²) in [5.74, 6) is 0.355. The fourth-order valence-corrected chi connectivity index (χ4v) is 3.54. The van der Waals surface area contributed by atoms with Crippen molar-refractivity contribution in [3.63, 3.8) is 0 Å². The average Bonchev–Trinajstić information content (AvgIpc) is 3.41. The molecule has 0 aliphatic rings. The van der Waals surface area contributed by atoms with Gasteiger partial charge in [0, 0.05) is 18.3 Å². The molecule has 34 heavy (non-hydrogen) atoms. The zero-order valence-corrected chi connectivity index (χ0v) is 18.4. The van der Waals surface area contributed by atoms with Crippen LogP contribution in [-0.4, -0.2) is 53.0 Å². The second-order valence-corrected chi connectivity index (χ2v) is 7.82. The minimum absolute atomic E-state index is 0.0203. The van der Waals surface area contributed by atoms with E-state index in [1.54, 1.807) is 11.6 Å². The fourth-order valence-electron chi connectivity index (χ4n) is 2.82. The van der Waals surface area contributed by atoms with Gasteiger partial charge in [0.15, 0.2) is 11.0 Å². The number of hydrogen-bond acceptors (Lipinski definition) is 8. The van der Waals surface area contributed by atoms with E-state index < -0.39 is 6.36 Å². The maximum atomic E-state index is 12.2. The molecule has 10 nitrogen and oxygen atoms in total. The van der Waals surface area contributed by atoms with Gasteiger partial charge in [-0.1, -0.05) is 42.1 Å². The molecule has 1 N–H and O–H groups in total. The van der Waals surface area contributed by atoms with Gasteiger partial charge in [0.1, 0.15) is 12.3 Å². The number of halogens is 3. The van der Waals surface area contributed by atoms with E-state index in [-0.39, 0.29) is 24.0 Å². The minimum Gasteiger partial charge on any atom is -0.406 e. The van der Waals surface area contributed by atoms with E-state index in [9.17, 15) is 18.0 Å². The lowest BCUT2D eigenvalue weighted by molar-refractivity contribution is -0.274. The number of amides is 1. The minimum atomic E-state index is -4.77. The van der Waals surface area contributed by atoms with Gasteiger partial charge in [-0.3, -0.25) is 4.79 Å². The van der Waals surface area contributed by atoms with E-state index in [1.807, 2.05) is 30.3 Å². The normalized spacial score (nSPS) is 11.4. The molecule has 0 radical (unpaired) electrons. The summed E-state index contributed by atoms with van der Waals surface area (Å²) < 4.78 is 42.2. The standard InChI is InChI=1S/C20H17F3N8O2S/c1-30-16(11-31-28-18(26-29-31)13-5-3-2-4-6-13)25-27-19(30)34-12-17(32)24-14-7-9-15(10-8-14)33-20(21,22)23/h2-10H,11-12H2,1H3,(H,24,32). The molecule has 0 unspecified atom stereocenters. The summed E-state index contributed by atoms with van der Waals surface area (Å²) in [4.78, 5) is 13.6. The number of alkyl halides is 3. The van der Waals surface area contributed by atoms with Crippen LogP contribution >= 0.6 is 11.8 Å². The summed E-state index contributed by atoms with van der Waals surface area (Å²) in [6.07, 6.45) is -4.77. The van der Waals surface area contributed by atoms with E-state index in [4.69, 9.17) is 0 Å². The molecule has 0 bridgehead atoms. The van der Waals surface area contributed by atoms with Crippen molar-refractivity contribution in [2.24, 2.45) is 7.05 Å². The fraction of sp³-hybridized carbons (Fsp3) is 0.200. The predicted molar refractivity (Wildman–Crippen MR) is 116 cm³/mol. The molecular formula is C20H17F3N8O2S. The van der Waals surface area contributed by atoms with Crippen LogP contribution in [-0.2, 0) is 18.4 Å². The van der Waals surface area contributed by atoms with Crippen molar-refractivity contribution < 1.29 is 22.7 Å². The van der Waals surface area contributed by atoms with Gasteiger partial charge in [-0.2, -0.15) is 4.80 Å². The SMILES string of the molecule is Cn1c(Cn2nnc(-c3ccccc3)n2)nnc1SCC(=O)Nc1ccc(OC(F)(F)F)cc1. The molecule has 2 aromatic carbocycles. The number of tetrazole rings is 1. The predicted octanol–water partition coefficient (Wildman–Crippen LogP) is 3.15. The van der Waals surface area contributed by atoms with Gasteiger partial charge in [0.05, 0.1) is 5.75 Å². The summed E-state index contributed by atoms with van der Waals surface area (Å²) in [6.45, 7) is 0.239. The van der Waals surface area contributed by atoms with E-state index >= 15 is 0 Å². The lowest BCUT2D eigenvalue weighted by atomic mass is 10.2. The maximum absolute atomic E-state index is 12.2. The first-order chi connectivity index (χ1) is 16.3. The number of ether oxygens (including phenoxy) is 1. The first-order valence-electron chi connectivity index (χ1n) is 9.77. The number of anilines is 1. The van der Waals surface area contributed by atoms with Crippen LogP contribution in [0.25, 0.3) is 11.4 Å². The summed E-state index contributed by atoms with van der Waals surface area (Å²) in [6, 6.07) is 14.3. The molecule has 4 rings (SSSR count). The Balaban J connectivity index is 1.30. The number of carbonyl (C=O) groups is 1. The van der Waals surface area contributed by atoms with Crippen molar-refractivity contribution in [1.29, 1.82) is 0 Å². The lowest BCUT2D eigenvalue weighted by Crippen LogP contribution is -2.17. The number of carbonyl (C=O) groups excluding carboxylic acids is 1. The van der Waals surface area contributed by atoms with Crippen molar-refractivity contribution >= 4 is 23.4 Å². The van der Waals surface area contributed by atoms with Gasteiger partial charge in [0.2, 0.25) is 11.7 Å². The topological polar surface area (TPSA) is 113 Å². The van der Waals surface area contributed by atoms with E-state index in [2.05, 4.69) is 35.7 Å². The lowest BCUT2D eigenvalue weighted by Gasteiger charge is -2.10. The molecular weight excluding hydrogens is 473 g/mol. The summed E-state index contributed by atoms with van der Waals surface area (Å²) in [5, 5.41) is 23.7. The third-order valence-electron chi connectivity index (χ3n) is 4.40. The molecule has 0 atom stereocenters. The molecule has 14 heteroatoms. The number of benzene rings is 2. The third kappa shape index (κ3) is 6.10. The van der Waals surface area contributed by atoms with Gasteiger partial charge in [0.25, 0.3) is 0 Å². The zero-order chi connectivity index (χ0) is 24.1. The first-order valence-corrected chi connectivity index (χ1v) is 10.8. The summed E-state index contributed by atoms with van der Waals surface area (Å²) >= 11 is 1.16. The smallest absolute Gasteiger partial charge is 0.406 e. The monoisotopic (exact) mass is 490 g/mol. The Morgan fingerprint density at radius 3 is 2.50 bits per heavy atom. The van der Waals surface area contributed by atoms with E-state index in [1.165, 1.54) is 16.9 Å². The van der Waals surface area contributed by atoms with Gasteiger partial charge in [-0.05, 0) is 29.5 Å². The Bertz CT molecular complexity index is 1260. The quantitative estimate of drug-likeness (QED) is 0.375. The highest BCUT2D eigenvalue weighted by Gasteiger charge is 2.31. The van der Waals surface area contributed by atoms with Crippen LogP contribution in [0.5, 0.6) is 5.75 Å². The van der Waals surface area contributed by atoms with Gasteiger partial charge < -0.3 is 14.6 Å². The van der Waals surface area contributed by atoms with Crippen LogP contribution in [0.2, 0.25) is 0 Å². The van der Waals surface area contributed by atoms with E-state index in [0.717, 1.165) is 29.5 Å². The number of rotatable bonds is 8. The van der Waals surface area contributed by atoms with Crippen LogP contribution in [0.4, 0.5) is 18.9 Å². The zero-order valence-electron chi connectivity index (χ0n) is 17.6. The molecule has 0 fully saturated rings. The van der Waals surface area contributed by atoms with Crippen LogP contribution in [0.1, 0.15) is 5.82 Å². The van der Waals surface area contributed by atoms with Crippen LogP contribution < -0.4 is 10.1 Å². The highest BCUT2D eigenvalue weighted by Crippen LogP contribution is 2.24. The molecule has 0 spiro atoms. The molecule has 0 saturated heterocycles. The second kappa shape index (κ2) is 9.91. The second-order valence-electron chi connectivity index (χ2n) is 6.88. The van der Waals surface area contributed by atoms with Crippen molar-refractivity contribution in [1.82, 2.24) is 35.0 Å². The Kier molecular flexibility index (Phi) is 6.77. The van der Waals surface area contributed by atoms with Crippen LogP contribution in [0.15, 0.2) is 59.8 Å². The number of thioether (sulfide) groups is 1. The third-order valence-corrected chi connectivity index (χ3v) is 5.42. The summed E-state index contributed by atoms with van der Waals surface area (Å²) in [7, 11) is 1.75. The number of nitrogens with one attached hydrogen (secondary N) is 1. The van der Waals surface area contributed by atoms with Crippen molar-refractivity contribution in [2.45, 2.75) is 18.1 Å². The molecule has 176 valence electrons. The molecule has 2 aromatic heterocycles. The van der Waals surface area contributed by atoms with E-state index in [0.29, 0.717) is 22.5 Å². The Morgan fingerprint density at radius 2 is 1.79 bits per heavy atom. The molecule has 2 heterocycles. The molecule has 0 saturated carbocycles. The van der Waals surface area contributed by atoms with Gasteiger partial charge in [-0.15, -0.1) is 33.6 Å². The highest BCUT2D eigenvalue weighted by molar-refractivity contribution is 7.99. The highest BCUT2D eigenvalue weighted by atomic mass is 32.2. The number of hydrogen-bond donors (Lipinski definition) is 1. The van der Waals surface area contributed by atoms with Crippen LogP contribution in [0, 0.1) is 0 Å². The van der Waals surface area contributed by atoms with Gasteiger partial charge in [-0.25, -0.2) is 0 Å². The van der Waals surface area contributed by atoms with Gasteiger partial charge >= 0.3 is 6.36 Å². The van der Waals surface area contributed by atoms with Crippen molar-refractivity contribution in [2.75, 3.05) is 11.1 Å². The molecule has 0 aliphatic carbocycles. The molecule has 1 amide bonds. The van der Waals surface area contributed by atoms with Crippen molar-refractivity contribution in [3.8, 4) is 17.1 Å². The maximum Gasteiger partial charge on any atom is 0.573 e.